The Labute approximate surface area is 111 Å². The molecule has 100 valence electrons. The van der Waals surface area contributed by atoms with Crippen molar-refractivity contribution < 1.29 is 9.18 Å². The van der Waals surface area contributed by atoms with E-state index in [-0.39, 0.29) is 30.1 Å². The Hall–Kier alpha value is -1.93. The summed E-state index contributed by atoms with van der Waals surface area (Å²) >= 11 is 0. The number of hydrogen-bond acceptors (Lipinski definition) is 3. The van der Waals surface area contributed by atoms with Crippen molar-refractivity contribution in [2.75, 3.05) is 13.1 Å². The van der Waals surface area contributed by atoms with Crippen LogP contribution in [0.15, 0.2) is 24.3 Å². The van der Waals surface area contributed by atoms with E-state index in [1.165, 1.54) is 12.1 Å². The van der Waals surface area contributed by atoms with Crippen molar-refractivity contribution in [2.24, 2.45) is 0 Å². The molecule has 0 aliphatic carbocycles. The Morgan fingerprint density at radius 1 is 1.47 bits per heavy atom. The van der Waals surface area contributed by atoms with E-state index < -0.39 is 0 Å². The van der Waals surface area contributed by atoms with Gasteiger partial charge in [-0.3, -0.25) is 4.79 Å². The molecule has 1 aromatic carbocycles. The highest BCUT2D eigenvalue weighted by Crippen LogP contribution is 2.25. The van der Waals surface area contributed by atoms with Gasteiger partial charge in [-0.2, -0.15) is 5.26 Å². The lowest BCUT2D eigenvalue weighted by Crippen LogP contribution is -2.49. The fourth-order valence-corrected chi connectivity index (χ4v) is 2.45. The van der Waals surface area contributed by atoms with Gasteiger partial charge in [0.15, 0.2) is 0 Å². The minimum atomic E-state index is -0.261. The largest absolute Gasteiger partial charge is 0.351 e. The van der Waals surface area contributed by atoms with Crippen molar-refractivity contribution in [3.05, 3.63) is 35.6 Å². The molecule has 0 spiro atoms. The molecule has 0 bridgehead atoms. The summed E-state index contributed by atoms with van der Waals surface area (Å²) in [5.74, 6) is -0.365. The van der Waals surface area contributed by atoms with Gasteiger partial charge < -0.3 is 10.6 Å². The summed E-state index contributed by atoms with van der Waals surface area (Å²) in [6.45, 7) is 1.53. The van der Waals surface area contributed by atoms with Crippen molar-refractivity contribution in [1.82, 2.24) is 10.6 Å². The zero-order chi connectivity index (χ0) is 13.7. The van der Waals surface area contributed by atoms with Crippen LogP contribution in [0.5, 0.6) is 0 Å². The number of hydrogen-bond donors (Lipinski definition) is 2. The lowest BCUT2D eigenvalue weighted by molar-refractivity contribution is -0.121. The highest BCUT2D eigenvalue weighted by Gasteiger charge is 2.27. The van der Waals surface area contributed by atoms with Gasteiger partial charge in [0.25, 0.3) is 0 Å². The van der Waals surface area contributed by atoms with Gasteiger partial charge in [0, 0.05) is 18.5 Å². The van der Waals surface area contributed by atoms with Crippen molar-refractivity contribution in [3.8, 4) is 6.07 Å². The Bertz CT molecular complexity index is 480. The molecule has 2 atom stereocenters. The Morgan fingerprint density at radius 2 is 2.21 bits per heavy atom. The fraction of sp³-hybridized carbons (Fsp3) is 0.429. The molecular formula is C14H16FN3O. The van der Waals surface area contributed by atoms with E-state index in [1.807, 2.05) is 6.07 Å². The molecule has 4 nitrogen and oxygen atoms in total. The number of rotatable bonds is 3. The average molecular weight is 261 g/mol. The van der Waals surface area contributed by atoms with E-state index >= 15 is 0 Å². The first-order valence-electron chi connectivity index (χ1n) is 6.33. The predicted octanol–water partition coefficient (Wildman–Crippen LogP) is 1.30. The van der Waals surface area contributed by atoms with Gasteiger partial charge in [-0.25, -0.2) is 4.39 Å². The Kier molecular flexibility index (Phi) is 4.48. The summed E-state index contributed by atoms with van der Waals surface area (Å²) < 4.78 is 12.9. The third-order valence-electron chi connectivity index (χ3n) is 3.37. The fourth-order valence-electron chi connectivity index (χ4n) is 2.45. The number of nitrogens with zero attached hydrogens (tertiary/aromatic N) is 1. The van der Waals surface area contributed by atoms with Gasteiger partial charge in [0.1, 0.15) is 12.2 Å². The molecule has 1 aliphatic rings. The molecule has 2 unspecified atom stereocenters. The topological polar surface area (TPSA) is 64.9 Å². The second-order valence-corrected chi connectivity index (χ2v) is 4.66. The lowest BCUT2D eigenvalue weighted by atomic mass is 9.86. The Morgan fingerprint density at radius 3 is 2.89 bits per heavy atom. The minimum absolute atomic E-state index is 0.0555. The van der Waals surface area contributed by atoms with E-state index in [1.54, 1.807) is 12.1 Å². The molecular weight excluding hydrogens is 245 g/mol. The van der Waals surface area contributed by atoms with Crippen LogP contribution in [0.3, 0.4) is 0 Å². The Balaban J connectivity index is 2.09. The van der Waals surface area contributed by atoms with Crippen molar-refractivity contribution in [1.29, 1.82) is 5.26 Å². The van der Waals surface area contributed by atoms with Crippen LogP contribution in [0.1, 0.15) is 24.3 Å². The van der Waals surface area contributed by atoms with Crippen LogP contribution in [0.25, 0.3) is 0 Å². The second-order valence-electron chi connectivity index (χ2n) is 4.66. The van der Waals surface area contributed by atoms with Gasteiger partial charge >= 0.3 is 0 Å². The molecule has 1 aromatic rings. The molecule has 2 N–H and O–H groups in total. The van der Waals surface area contributed by atoms with Crippen molar-refractivity contribution in [2.45, 2.75) is 24.8 Å². The van der Waals surface area contributed by atoms with Crippen LogP contribution in [0.2, 0.25) is 0 Å². The minimum Gasteiger partial charge on any atom is -0.351 e. The number of piperidine rings is 1. The highest BCUT2D eigenvalue weighted by molar-refractivity contribution is 5.78. The molecule has 1 aliphatic heterocycles. The molecule has 0 saturated carbocycles. The number of carbonyl (C=O) groups is 1. The first kappa shape index (κ1) is 13.5. The SMILES string of the molecule is N#CCC(=O)NC1CNCCC1c1ccc(F)cc1. The highest BCUT2D eigenvalue weighted by atomic mass is 19.1. The first-order chi connectivity index (χ1) is 9.20. The molecule has 0 aromatic heterocycles. The van der Waals surface area contributed by atoms with Gasteiger partial charge in [0.2, 0.25) is 5.91 Å². The molecule has 19 heavy (non-hydrogen) atoms. The summed E-state index contributed by atoms with van der Waals surface area (Å²) in [7, 11) is 0. The number of amides is 1. The van der Waals surface area contributed by atoms with E-state index in [0.29, 0.717) is 6.54 Å². The van der Waals surface area contributed by atoms with E-state index in [0.717, 1.165) is 18.5 Å². The smallest absolute Gasteiger partial charge is 0.234 e. The normalized spacial score (nSPS) is 22.5. The lowest BCUT2D eigenvalue weighted by Gasteiger charge is -2.33. The third kappa shape index (κ3) is 3.52. The number of halogens is 1. The zero-order valence-corrected chi connectivity index (χ0v) is 10.5. The van der Waals surface area contributed by atoms with Crippen LogP contribution in [0.4, 0.5) is 4.39 Å². The molecule has 1 fully saturated rings. The van der Waals surface area contributed by atoms with Gasteiger partial charge in [-0.1, -0.05) is 12.1 Å². The molecule has 1 amide bonds. The molecule has 1 saturated heterocycles. The number of nitrogens with one attached hydrogen (secondary N) is 2. The maximum atomic E-state index is 12.9. The van der Waals surface area contributed by atoms with E-state index in [2.05, 4.69) is 10.6 Å². The molecule has 1 heterocycles. The maximum absolute atomic E-state index is 12.9. The van der Waals surface area contributed by atoms with E-state index in [9.17, 15) is 9.18 Å². The van der Waals surface area contributed by atoms with Gasteiger partial charge in [-0.15, -0.1) is 0 Å². The van der Waals surface area contributed by atoms with Gasteiger partial charge in [0.05, 0.1) is 6.07 Å². The molecule has 5 heteroatoms. The first-order valence-corrected chi connectivity index (χ1v) is 6.33. The summed E-state index contributed by atoms with van der Waals surface area (Å²) in [5.41, 5.74) is 1.02. The zero-order valence-electron chi connectivity index (χ0n) is 10.5. The summed E-state index contributed by atoms with van der Waals surface area (Å²) in [6.07, 6.45) is 0.746. The van der Waals surface area contributed by atoms with Crippen LogP contribution in [0, 0.1) is 17.1 Å². The van der Waals surface area contributed by atoms with E-state index in [4.69, 9.17) is 5.26 Å². The van der Waals surface area contributed by atoms with Crippen molar-refractivity contribution >= 4 is 5.91 Å². The standard InChI is InChI=1S/C14H16FN3O/c15-11-3-1-10(2-4-11)12-6-8-17-9-13(12)18-14(19)5-7-16/h1-4,12-13,17H,5-6,8-9H2,(H,18,19). The van der Waals surface area contributed by atoms with Crippen LogP contribution >= 0.6 is 0 Å². The summed E-state index contributed by atoms with van der Waals surface area (Å²) in [5, 5.41) is 14.6. The van der Waals surface area contributed by atoms with Gasteiger partial charge in [-0.05, 0) is 30.7 Å². The van der Waals surface area contributed by atoms with Crippen molar-refractivity contribution in [3.63, 3.8) is 0 Å². The van der Waals surface area contributed by atoms with Crippen LogP contribution in [-0.4, -0.2) is 25.0 Å². The number of nitriles is 1. The monoisotopic (exact) mass is 261 g/mol. The second kappa shape index (κ2) is 6.30. The van der Waals surface area contributed by atoms with Crippen LogP contribution in [-0.2, 0) is 4.79 Å². The number of benzene rings is 1. The average Bonchev–Trinajstić information content (AvgIpc) is 2.41. The third-order valence-corrected chi connectivity index (χ3v) is 3.37. The molecule has 2 rings (SSSR count). The quantitative estimate of drug-likeness (QED) is 0.862. The summed E-state index contributed by atoms with van der Waals surface area (Å²) in [6, 6.07) is 8.17. The molecule has 0 radical (unpaired) electrons. The van der Waals surface area contributed by atoms with Crippen LogP contribution < -0.4 is 10.6 Å². The summed E-state index contributed by atoms with van der Waals surface area (Å²) in [4.78, 5) is 11.5. The predicted molar refractivity (Wildman–Crippen MR) is 68.8 cm³/mol. The number of carbonyl (C=O) groups excluding carboxylic acids is 1. The maximum Gasteiger partial charge on any atom is 0.234 e.